The summed E-state index contributed by atoms with van der Waals surface area (Å²) in [6, 6.07) is 12.6. The SMILES string of the molecule is Oc1ccc(C2OC[C@H](O)[C@H]3OC(c4ccc(O)cc4)OC[C@@H](O)[C@H]3O2)cc1. The van der Waals surface area contributed by atoms with Gasteiger partial charge >= 0.3 is 0 Å². The van der Waals surface area contributed by atoms with Crippen LogP contribution in [0.1, 0.15) is 23.7 Å². The van der Waals surface area contributed by atoms with Crippen LogP contribution < -0.4 is 0 Å². The van der Waals surface area contributed by atoms with Crippen LogP contribution in [0.5, 0.6) is 11.5 Å². The van der Waals surface area contributed by atoms with Crippen molar-refractivity contribution in [1.29, 1.82) is 0 Å². The molecule has 8 nitrogen and oxygen atoms in total. The summed E-state index contributed by atoms with van der Waals surface area (Å²) < 4.78 is 23.2. The number of benzene rings is 2. The number of ether oxygens (including phenoxy) is 4. The Hall–Kier alpha value is -2.20. The lowest BCUT2D eigenvalue weighted by atomic mass is 10.0. The lowest BCUT2D eigenvalue weighted by Crippen LogP contribution is -2.46. The molecule has 0 amide bonds. The molecule has 2 heterocycles. The van der Waals surface area contributed by atoms with Gasteiger partial charge < -0.3 is 39.4 Å². The number of hydrogen-bond acceptors (Lipinski definition) is 8. The monoisotopic (exact) mass is 390 g/mol. The summed E-state index contributed by atoms with van der Waals surface area (Å²) in [5.74, 6) is 0.219. The smallest absolute Gasteiger partial charge is 0.184 e. The Morgan fingerprint density at radius 3 is 1.32 bits per heavy atom. The Morgan fingerprint density at radius 1 is 0.607 bits per heavy atom. The molecule has 2 aromatic rings. The zero-order valence-electron chi connectivity index (χ0n) is 14.9. The van der Waals surface area contributed by atoms with E-state index in [2.05, 4.69) is 0 Å². The predicted molar refractivity (Wildman–Crippen MR) is 95.4 cm³/mol. The fraction of sp³-hybridized carbons (Fsp3) is 0.400. The van der Waals surface area contributed by atoms with Gasteiger partial charge in [0, 0.05) is 11.1 Å². The van der Waals surface area contributed by atoms with E-state index in [4.69, 9.17) is 18.9 Å². The van der Waals surface area contributed by atoms with Gasteiger partial charge in [-0.3, -0.25) is 0 Å². The molecule has 2 fully saturated rings. The first-order valence-corrected chi connectivity index (χ1v) is 8.99. The second kappa shape index (κ2) is 8.04. The molecule has 2 aromatic carbocycles. The van der Waals surface area contributed by atoms with Gasteiger partial charge in [0.25, 0.3) is 0 Å². The molecule has 4 rings (SSSR count). The number of aromatic hydroxyl groups is 2. The number of hydrogen-bond donors (Lipinski definition) is 4. The Labute approximate surface area is 161 Å². The molecule has 0 radical (unpaired) electrons. The number of fused-ring (bicyclic) bond motifs is 1. The zero-order valence-corrected chi connectivity index (χ0v) is 14.9. The lowest BCUT2D eigenvalue weighted by Gasteiger charge is -2.29. The van der Waals surface area contributed by atoms with Crippen molar-refractivity contribution >= 4 is 0 Å². The summed E-state index contributed by atoms with van der Waals surface area (Å²) in [7, 11) is 0. The second-order valence-corrected chi connectivity index (χ2v) is 6.85. The molecule has 0 bridgehead atoms. The van der Waals surface area contributed by atoms with E-state index in [0.717, 1.165) is 0 Å². The molecular formula is C20H22O8. The van der Waals surface area contributed by atoms with E-state index in [1.54, 1.807) is 24.3 Å². The topological polar surface area (TPSA) is 118 Å². The van der Waals surface area contributed by atoms with Crippen molar-refractivity contribution in [2.75, 3.05) is 13.2 Å². The summed E-state index contributed by atoms with van der Waals surface area (Å²) in [6.07, 6.45) is -5.56. The predicted octanol–water partition coefficient (Wildman–Crippen LogP) is 1.35. The van der Waals surface area contributed by atoms with Crippen molar-refractivity contribution < 1.29 is 39.4 Å². The fourth-order valence-corrected chi connectivity index (χ4v) is 3.31. The molecule has 2 unspecified atom stereocenters. The Kier molecular flexibility index (Phi) is 5.49. The van der Waals surface area contributed by atoms with Gasteiger partial charge in [-0.2, -0.15) is 0 Å². The minimum absolute atomic E-state index is 0.0677. The Morgan fingerprint density at radius 2 is 0.964 bits per heavy atom. The molecule has 0 aliphatic carbocycles. The standard InChI is InChI=1S/C20H22O8/c21-13-5-1-11(2-6-13)19-25-9-15(23)18-17(27-19)16(24)10-26-20(28-18)12-3-7-14(22)8-4-12/h1-8,15-24H,9-10H2/t15-,16+,17-,18-,19?,20?/m1/s1. The first kappa shape index (κ1) is 19.1. The summed E-state index contributed by atoms with van der Waals surface area (Å²) >= 11 is 0. The van der Waals surface area contributed by atoms with Gasteiger partial charge in [-0.25, -0.2) is 0 Å². The van der Waals surface area contributed by atoms with Crippen LogP contribution in [0.2, 0.25) is 0 Å². The molecule has 0 saturated carbocycles. The maximum Gasteiger partial charge on any atom is 0.184 e. The van der Waals surface area contributed by atoms with Crippen LogP contribution in [0.25, 0.3) is 0 Å². The molecule has 4 N–H and O–H groups in total. The fourth-order valence-electron chi connectivity index (χ4n) is 3.31. The van der Waals surface area contributed by atoms with Crippen molar-refractivity contribution in [3.8, 4) is 11.5 Å². The first-order chi connectivity index (χ1) is 13.5. The number of aliphatic hydroxyl groups excluding tert-OH is 2. The number of phenols is 2. The molecule has 150 valence electrons. The maximum absolute atomic E-state index is 10.6. The van der Waals surface area contributed by atoms with Crippen molar-refractivity contribution in [1.82, 2.24) is 0 Å². The van der Waals surface area contributed by atoms with E-state index in [0.29, 0.717) is 11.1 Å². The highest BCUT2D eigenvalue weighted by Gasteiger charge is 2.44. The van der Waals surface area contributed by atoms with E-state index < -0.39 is 37.0 Å². The van der Waals surface area contributed by atoms with Gasteiger partial charge in [0.2, 0.25) is 0 Å². The molecular weight excluding hydrogens is 368 g/mol. The van der Waals surface area contributed by atoms with E-state index in [9.17, 15) is 20.4 Å². The van der Waals surface area contributed by atoms with Gasteiger partial charge in [0.1, 0.15) is 35.9 Å². The molecule has 2 aliphatic heterocycles. The highest BCUT2D eigenvalue weighted by atomic mass is 16.7. The van der Waals surface area contributed by atoms with Crippen LogP contribution in [0.15, 0.2) is 48.5 Å². The Balaban J connectivity index is 1.57. The molecule has 2 aliphatic rings. The summed E-state index contributed by atoms with van der Waals surface area (Å²) in [6.45, 7) is -0.135. The van der Waals surface area contributed by atoms with Crippen LogP contribution in [0.3, 0.4) is 0 Å². The number of aliphatic hydroxyl groups is 2. The third kappa shape index (κ3) is 3.97. The first-order valence-electron chi connectivity index (χ1n) is 8.99. The van der Waals surface area contributed by atoms with E-state index in [1.807, 2.05) is 0 Å². The normalized spacial score (nSPS) is 33.5. The maximum atomic E-state index is 10.6. The van der Waals surface area contributed by atoms with E-state index >= 15 is 0 Å². The van der Waals surface area contributed by atoms with Gasteiger partial charge in [0.15, 0.2) is 12.6 Å². The van der Waals surface area contributed by atoms with Crippen molar-refractivity contribution in [2.24, 2.45) is 0 Å². The third-order valence-electron chi connectivity index (χ3n) is 4.81. The molecule has 0 aromatic heterocycles. The van der Waals surface area contributed by atoms with Crippen LogP contribution in [-0.2, 0) is 18.9 Å². The summed E-state index contributed by atoms with van der Waals surface area (Å²) in [4.78, 5) is 0. The van der Waals surface area contributed by atoms with Gasteiger partial charge in [-0.05, 0) is 24.3 Å². The number of phenolic OH excluding ortho intramolecular Hbond substituents is 2. The van der Waals surface area contributed by atoms with Gasteiger partial charge in [-0.1, -0.05) is 24.3 Å². The van der Waals surface area contributed by atoms with E-state index in [1.165, 1.54) is 24.3 Å². The highest BCUT2D eigenvalue weighted by molar-refractivity contribution is 5.27. The zero-order chi connectivity index (χ0) is 19.7. The van der Waals surface area contributed by atoms with Crippen LogP contribution in [0, 0.1) is 0 Å². The van der Waals surface area contributed by atoms with Gasteiger partial charge in [0.05, 0.1) is 13.2 Å². The average Bonchev–Trinajstić information content (AvgIpc) is 2.95. The molecule has 0 spiro atoms. The number of rotatable bonds is 2. The average molecular weight is 390 g/mol. The third-order valence-corrected chi connectivity index (χ3v) is 4.81. The van der Waals surface area contributed by atoms with Crippen LogP contribution in [0.4, 0.5) is 0 Å². The Bertz CT molecular complexity index is 710. The van der Waals surface area contributed by atoms with Gasteiger partial charge in [-0.15, -0.1) is 0 Å². The summed E-state index contributed by atoms with van der Waals surface area (Å²) in [5, 5.41) is 40.1. The van der Waals surface area contributed by atoms with Crippen molar-refractivity contribution in [2.45, 2.75) is 37.0 Å². The minimum atomic E-state index is -1.05. The summed E-state index contributed by atoms with van der Waals surface area (Å²) in [5.41, 5.74) is 1.27. The van der Waals surface area contributed by atoms with Crippen LogP contribution in [-0.4, -0.2) is 58.1 Å². The quantitative estimate of drug-likeness (QED) is 0.607. The molecule has 28 heavy (non-hydrogen) atoms. The highest BCUT2D eigenvalue weighted by Crippen LogP contribution is 2.35. The second-order valence-electron chi connectivity index (χ2n) is 6.85. The lowest BCUT2D eigenvalue weighted by molar-refractivity contribution is -0.206. The van der Waals surface area contributed by atoms with E-state index in [-0.39, 0.29) is 24.7 Å². The minimum Gasteiger partial charge on any atom is -0.508 e. The van der Waals surface area contributed by atoms with Crippen molar-refractivity contribution in [3.05, 3.63) is 59.7 Å². The van der Waals surface area contributed by atoms with Crippen molar-refractivity contribution in [3.63, 3.8) is 0 Å². The molecule has 2 saturated heterocycles. The largest absolute Gasteiger partial charge is 0.508 e. The van der Waals surface area contributed by atoms with Crippen LogP contribution >= 0.6 is 0 Å². The molecule has 8 heteroatoms. The molecule has 6 atom stereocenters.